The van der Waals surface area contributed by atoms with Gasteiger partial charge in [-0.05, 0) is 6.42 Å². The molecule has 0 fully saturated rings. The minimum absolute atomic E-state index is 0.340. The summed E-state index contributed by atoms with van der Waals surface area (Å²) >= 11 is 0. The maximum absolute atomic E-state index is 10.5. The van der Waals surface area contributed by atoms with Gasteiger partial charge in [0.1, 0.15) is 6.07 Å². The van der Waals surface area contributed by atoms with E-state index < -0.39 is 0 Å². The molecule has 0 atom stereocenters. The van der Waals surface area contributed by atoms with Crippen LogP contribution in [0.15, 0.2) is 18.6 Å². The molecule has 2 rings (SSSR count). The first-order chi connectivity index (χ1) is 8.28. The van der Waals surface area contributed by atoms with E-state index >= 15 is 0 Å². The van der Waals surface area contributed by atoms with Crippen molar-refractivity contribution in [1.29, 1.82) is 5.26 Å². The van der Waals surface area contributed by atoms with Crippen molar-refractivity contribution in [2.24, 2.45) is 0 Å². The van der Waals surface area contributed by atoms with E-state index in [0.29, 0.717) is 35.5 Å². The van der Waals surface area contributed by atoms with Crippen LogP contribution in [0.2, 0.25) is 0 Å². The maximum atomic E-state index is 10.5. The van der Waals surface area contributed by atoms with E-state index in [-0.39, 0.29) is 0 Å². The molecule has 0 bridgehead atoms. The van der Waals surface area contributed by atoms with Crippen molar-refractivity contribution in [2.75, 3.05) is 0 Å². The molecule has 0 unspecified atom stereocenters. The van der Waals surface area contributed by atoms with Crippen LogP contribution in [0, 0.1) is 11.3 Å². The summed E-state index contributed by atoms with van der Waals surface area (Å²) in [5, 5.41) is 13.1. The number of rotatable bonds is 3. The summed E-state index contributed by atoms with van der Waals surface area (Å²) in [6.45, 7) is 1.92. The van der Waals surface area contributed by atoms with Gasteiger partial charge in [-0.15, -0.1) is 0 Å². The zero-order valence-electron chi connectivity index (χ0n) is 9.16. The topological polar surface area (TPSA) is 84.5 Å². The molecule has 2 aromatic heterocycles. The Morgan fingerprint density at radius 2 is 2.18 bits per heavy atom. The number of hydrogen-bond acceptors (Lipinski definition) is 5. The lowest BCUT2D eigenvalue weighted by molar-refractivity contribution is 0.112. The van der Waals surface area contributed by atoms with Crippen LogP contribution in [-0.4, -0.2) is 26.0 Å². The third-order valence-electron chi connectivity index (χ3n) is 2.25. The van der Waals surface area contributed by atoms with Crippen LogP contribution in [0.3, 0.4) is 0 Å². The molecule has 0 aliphatic rings. The highest BCUT2D eigenvalue weighted by Crippen LogP contribution is 2.09. The van der Waals surface area contributed by atoms with Gasteiger partial charge in [0.25, 0.3) is 5.95 Å². The van der Waals surface area contributed by atoms with E-state index in [0.717, 1.165) is 0 Å². The SMILES string of the molecule is CCc1nn(-c2ncc(C=O)cn2)cc1C#N. The van der Waals surface area contributed by atoms with Crippen molar-refractivity contribution in [1.82, 2.24) is 19.7 Å². The molecule has 6 nitrogen and oxygen atoms in total. The fourth-order valence-corrected chi connectivity index (χ4v) is 1.38. The lowest BCUT2D eigenvalue weighted by Gasteiger charge is -1.97. The van der Waals surface area contributed by atoms with Crippen LogP contribution < -0.4 is 0 Å². The largest absolute Gasteiger partial charge is 0.298 e. The lowest BCUT2D eigenvalue weighted by Crippen LogP contribution is -2.02. The van der Waals surface area contributed by atoms with Crippen LogP contribution in [0.25, 0.3) is 5.95 Å². The fourth-order valence-electron chi connectivity index (χ4n) is 1.38. The number of aromatic nitrogens is 4. The molecule has 17 heavy (non-hydrogen) atoms. The molecular formula is C11H9N5O. The van der Waals surface area contributed by atoms with Gasteiger partial charge in [-0.25, -0.2) is 14.6 Å². The second-order valence-corrected chi connectivity index (χ2v) is 3.33. The van der Waals surface area contributed by atoms with E-state index in [2.05, 4.69) is 21.1 Å². The number of hydrogen-bond donors (Lipinski definition) is 0. The van der Waals surface area contributed by atoms with E-state index in [9.17, 15) is 4.79 Å². The Kier molecular flexibility index (Phi) is 2.92. The van der Waals surface area contributed by atoms with Crippen LogP contribution in [0.1, 0.15) is 28.5 Å². The van der Waals surface area contributed by atoms with Gasteiger partial charge < -0.3 is 0 Å². The Morgan fingerprint density at radius 1 is 1.47 bits per heavy atom. The van der Waals surface area contributed by atoms with Crippen molar-refractivity contribution in [3.63, 3.8) is 0 Å². The highest BCUT2D eigenvalue weighted by Gasteiger charge is 2.09. The van der Waals surface area contributed by atoms with Gasteiger partial charge in [-0.3, -0.25) is 4.79 Å². The molecule has 0 aliphatic heterocycles. The highest BCUT2D eigenvalue weighted by molar-refractivity contribution is 5.73. The average molecular weight is 227 g/mol. The zero-order valence-corrected chi connectivity index (χ0v) is 9.16. The van der Waals surface area contributed by atoms with Crippen LogP contribution in [0.5, 0.6) is 0 Å². The summed E-state index contributed by atoms with van der Waals surface area (Å²) in [6, 6.07) is 2.06. The summed E-state index contributed by atoms with van der Waals surface area (Å²) in [5.41, 5.74) is 1.61. The molecule has 2 aromatic rings. The molecule has 2 heterocycles. The third kappa shape index (κ3) is 2.03. The molecule has 0 amide bonds. The van der Waals surface area contributed by atoms with Gasteiger partial charge in [0.2, 0.25) is 0 Å². The highest BCUT2D eigenvalue weighted by atomic mass is 16.1. The van der Waals surface area contributed by atoms with Gasteiger partial charge in [0.05, 0.1) is 23.0 Å². The first-order valence-electron chi connectivity index (χ1n) is 5.04. The third-order valence-corrected chi connectivity index (χ3v) is 2.25. The smallest absolute Gasteiger partial charge is 0.250 e. The number of aldehydes is 1. The zero-order chi connectivity index (χ0) is 12.3. The van der Waals surface area contributed by atoms with Gasteiger partial charge in [-0.2, -0.15) is 10.4 Å². The molecule has 0 spiro atoms. The Bertz CT molecular complexity index is 579. The summed E-state index contributed by atoms with van der Waals surface area (Å²) in [7, 11) is 0. The molecule has 0 saturated carbocycles. The molecule has 0 aliphatic carbocycles. The predicted octanol–water partition coefficient (Wildman–Crippen LogP) is 0.909. The summed E-state index contributed by atoms with van der Waals surface area (Å²) in [6.07, 6.45) is 5.74. The molecule has 0 radical (unpaired) electrons. The fraction of sp³-hybridized carbons (Fsp3) is 0.182. The Balaban J connectivity index is 2.42. The molecule has 0 N–H and O–H groups in total. The van der Waals surface area contributed by atoms with Crippen LogP contribution in [-0.2, 0) is 6.42 Å². The van der Waals surface area contributed by atoms with Crippen LogP contribution >= 0.6 is 0 Å². The molecule has 6 heteroatoms. The number of nitrogens with zero attached hydrogens (tertiary/aromatic N) is 5. The van der Waals surface area contributed by atoms with Gasteiger partial charge >= 0.3 is 0 Å². The molecule has 0 aromatic carbocycles. The predicted molar refractivity (Wildman–Crippen MR) is 58.6 cm³/mol. The van der Waals surface area contributed by atoms with E-state index in [1.165, 1.54) is 17.1 Å². The first kappa shape index (κ1) is 11.0. The number of carbonyl (C=O) groups excluding carboxylic acids is 1. The molecular weight excluding hydrogens is 218 g/mol. The number of carbonyl (C=O) groups is 1. The van der Waals surface area contributed by atoms with Crippen molar-refractivity contribution >= 4 is 6.29 Å². The Hall–Kier alpha value is -2.55. The van der Waals surface area contributed by atoms with E-state index in [1.54, 1.807) is 6.20 Å². The monoisotopic (exact) mass is 227 g/mol. The van der Waals surface area contributed by atoms with Gasteiger partial charge in [-0.1, -0.05) is 6.92 Å². The van der Waals surface area contributed by atoms with Crippen molar-refractivity contribution in [3.05, 3.63) is 35.4 Å². The summed E-state index contributed by atoms with van der Waals surface area (Å²) < 4.78 is 1.44. The summed E-state index contributed by atoms with van der Waals surface area (Å²) in [5.74, 6) is 0.340. The lowest BCUT2D eigenvalue weighted by atomic mass is 10.2. The van der Waals surface area contributed by atoms with Crippen molar-refractivity contribution < 1.29 is 4.79 Å². The van der Waals surface area contributed by atoms with Crippen molar-refractivity contribution in [3.8, 4) is 12.0 Å². The Labute approximate surface area is 97.5 Å². The average Bonchev–Trinajstić information content (AvgIpc) is 2.82. The minimum atomic E-state index is 0.340. The molecule has 84 valence electrons. The van der Waals surface area contributed by atoms with Gasteiger partial charge in [0.15, 0.2) is 6.29 Å². The van der Waals surface area contributed by atoms with Gasteiger partial charge in [0, 0.05) is 12.4 Å². The summed E-state index contributed by atoms with van der Waals surface area (Å²) in [4.78, 5) is 18.4. The quantitative estimate of drug-likeness (QED) is 0.727. The second-order valence-electron chi connectivity index (χ2n) is 3.33. The van der Waals surface area contributed by atoms with Crippen LogP contribution in [0.4, 0.5) is 0 Å². The maximum Gasteiger partial charge on any atom is 0.250 e. The van der Waals surface area contributed by atoms with E-state index in [4.69, 9.17) is 5.26 Å². The van der Waals surface area contributed by atoms with Crippen molar-refractivity contribution in [2.45, 2.75) is 13.3 Å². The minimum Gasteiger partial charge on any atom is -0.298 e. The normalized spacial score (nSPS) is 9.88. The second kappa shape index (κ2) is 4.53. The Morgan fingerprint density at radius 3 is 2.65 bits per heavy atom. The number of aryl methyl sites for hydroxylation is 1. The standard InChI is InChI=1S/C11H9N5O/c1-2-10-9(3-12)6-16(15-10)11-13-4-8(7-17)5-14-11/h4-7H,2H2,1H3. The van der Waals surface area contributed by atoms with E-state index in [1.807, 2.05) is 6.92 Å². The first-order valence-corrected chi connectivity index (χ1v) is 5.04. The number of nitriles is 1. The molecule has 0 saturated heterocycles.